The molecule has 1 aromatic heterocycles. The Bertz CT molecular complexity index is 477. The maximum atomic E-state index is 11.5. The third kappa shape index (κ3) is 1.79. The summed E-state index contributed by atoms with van der Waals surface area (Å²) in [6, 6.07) is 0.331. The lowest BCUT2D eigenvalue weighted by Crippen LogP contribution is -2.52. The highest BCUT2D eigenvalue weighted by Crippen LogP contribution is 2.38. The first-order valence-corrected chi connectivity index (χ1v) is 7.79. The van der Waals surface area contributed by atoms with Crippen molar-refractivity contribution in [2.75, 3.05) is 43.1 Å². The minimum Gasteiger partial charge on any atom is -0.382 e. The third-order valence-electron chi connectivity index (χ3n) is 3.38. The summed E-state index contributed by atoms with van der Waals surface area (Å²) in [6.07, 6.45) is 2.01. The third-order valence-corrected chi connectivity index (χ3v) is 5.24. The van der Waals surface area contributed by atoms with Gasteiger partial charge in [0, 0.05) is 26.2 Å². The van der Waals surface area contributed by atoms with Crippen LogP contribution in [0.1, 0.15) is 0 Å². The Morgan fingerprint density at radius 3 is 3.17 bits per heavy atom. The Morgan fingerprint density at radius 1 is 1.56 bits per heavy atom. The number of fused-ring (bicyclic) bond motifs is 1. The zero-order chi connectivity index (χ0) is 12.7. The van der Waals surface area contributed by atoms with E-state index in [1.165, 1.54) is 11.5 Å². The topological polar surface area (TPSA) is 74.5 Å². The first-order valence-electron chi connectivity index (χ1n) is 5.79. The van der Waals surface area contributed by atoms with Crippen LogP contribution in [0.4, 0.5) is 15.6 Å². The Kier molecular flexibility index (Phi) is 2.98. The van der Waals surface area contributed by atoms with Crippen molar-refractivity contribution in [2.24, 2.45) is 0 Å². The number of amides is 2. The maximum Gasteiger partial charge on any atom is 0.317 e. The predicted molar refractivity (Wildman–Crippen MR) is 74.4 cm³/mol. The van der Waals surface area contributed by atoms with E-state index in [2.05, 4.69) is 14.6 Å². The first kappa shape index (κ1) is 11.9. The number of nitrogens with two attached hydrogens (primary N) is 1. The van der Waals surface area contributed by atoms with Gasteiger partial charge in [0.2, 0.25) is 0 Å². The predicted octanol–water partition coefficient (Wildman–Crippen LogP) is 0.661. The van der Waals surface area contributed by atoms with Crippen molar-refractivity contribution in [1.29, 1.82) is 0 Å². The summed E-state index contributed by atoms with van der Waals surface area (Å²) in [5.41, 5.74) is 5.86. The number of urea groups is 1. The van der Waals surface area contributed by atoms with E-state index in [0.717, 1.165) is 36.1 Å². The molecule has 0 aromatic carbocycles. The molecule has 1 aromatic rings. The molecule has 98 valence electrons. The van der Waals surface area contributed by atoms with E-state index in [1.807, 2.05) is 11.2 Å². The number of rotatable bonds is 2. The highest BCUT2D eigenvalue weighted by molar-refractivity contribution is 7.99. The molecule has 2 saturated heterocycles. The molecule has 0 bridgehead atoms. The van der Waals surface area contributed by atoms with E-state index >= 15 is 0 Å². The lowest BCUT2D eigenvalue weighted by molar-refractivity contribution is 0.198. The number of carbonyl (C=O) groups excluding carboxylic acids is 1. The van der Waals surface area contributed by atoms with Gasteiger partial charge in [-0.05, 0) is 17.8 Å². The quantitative estimate of drug-likeness (QED) is 0.781. The van der Waals surface area contributed by atoms with E-state index in [4.69, 9.17) is 5.73 Å². The van der Waals surface area contributed by atoms with Crippen molar-refractivity contribution in [2.45, 2.75) is 10.9 Å². The first-order chi connectivity index (χ1) is 8.70. The summed E-state index contributed by atoms with van der Waals surface area (Å²) in [4.78, 5) is 16.8. The highest BCUT2D eigenvalue weighted by atomic mass is 32.2. The van der Waals surface area contributed by atoms with E-state index in [0.29, 0.717) is 5.82 Å². The minimum atomic E-state index is 0.0635. The second-order valence-electron chi connectivity index (χ2n) is 4.39. The van der Waals surface area contributed by atoms with Crippen LogP contribution in [-0.2, 0) is 0 Å². The number of hydrogen-bond donors (Lipinski definition) is 2. The molecule has 0 saturated carbocycles. The minimum absolute atomic E-state index is 0.0635. The van der Waals surface area contributed by atoms with E-state index in [-0.39, 0.29) is 12.1 Å². The number of nitrogens with zero attached hydrogens (tertiary/aromatic N) is 3. The maximum absolute atomic E-state index is 11.5. The van der Waals surface area contributed by atoms with Crippen LogP contribution in [0.25, 0.3) is 0 Å². The number of piperazine rings is 1. The Balaban J connectivity index is 1.80. The van der Waals surface area contributed by atoms with E-state index in [1.54, 1.807) is 11.8 Å². The number of thioether (sulfide) groups is 1. The van der Waals surface area contributed by atoms with Gasteiger partial charge in [-0.25, -0.2) is 4.79 Å². The fourth-order valence-corrected chi connectivity index (χ4v) is 4.19. The van der Waals surface area contributed by atoms with Gasteiger partial charge in [0.1, 0.15) is 5.00 Å². The van der Waals surface area contributed by atoms with Gasteiger partial charge in [0.05, 0.1) is 10.9 Å². The van der Waals surface area contributed by atoms with Gasteiger partial charge in [0.15, 0.2) is 5.82 Å². The molecule has 1 unspecified atom stereocenters. The van der Waals surface area contributed by atoms with Gasteiger partial charge in [-0.15, -0.1) is 11.8 Å². The van der Waals surface area contributed by atoms with Crippen LogP contribution in [0.2, 0.25) is 0 Å². The second-order valence-corrected chi connectivity index (χ2v) is 5.95. The zero-order valence-electron chi connectivity index (χ0n) is 10.0. The molecule has 0 aliphatic carbocycles. The molecular formula is C10H15N5OS2. The lowest BCUT2D eigenvalue weighted by Gasteiger charge is -2.37. The SMILES string of the molecule is CSc1c(N)nsc1N1CCN2C(=O)NCC2C1. The lowest BCUT2D eigenvalue weighted by atomic mass is 10.2. The van der Waals surface area contributed by atoms with Gasteiger partial charge < -0.3 is 20.9 Å². The van der Waals surface area contributed by atoms with Gasteiger partial charge in [-0.1, -0.05) is 0 Å². The standard InChI is InChI=1S/C10H15N5OS2/c1-17-7-8(11)13-18-9(7)14-2-3-15-6(5-14)4-12-10(15)16/h6H,2-5H2,1H3,(H2,11,13)(H,12,16). The highest BCUT2D eigenvalue weighted by Gasteiger charge is 2.36. The number of aromatic nitrogens is 1. The van der Waals surface area contributed by atoms with Crippen LogP contribution >= 0.6 is 23.3 Å². The molecule has 0 radical (unpaired) electrons. The summed E-state index contributed by atoms with van der Waals surface area (Å²) in [6.45, 7) is 3.20. The molecule has 2 fully saturated rings. The molecule has 1 atom stereocenters. The molecule has 8 heteroatoms. The van der Waals surface area contributed by atoms with Gasteiger partial charge in [-0.2, -0.15) is 4.37 Å². The molecule has 2 aliphatic rings. The van der Waals surface area contributed by atoms with Crippen molar-refractivity contribution in [3.8, 4) is 0 Å². The van der Waals surface area contributed by atoms with Crippen LogP contribution in [0, 0.1) is 0 Å². The van der Waals surface area contributed by atoms with Crippen molar-refractivity contribution < 1.29 is 4.79 Å². The largest absolute Gasteiger partial charge is 0.382 e. The molecule has 18 heavy (non-hydrogen) atoms. The fourth-order valence-electron chi connectivity index (χ4n) is 2.47. The van der Waals surface area contributed by atoms with Crippen molar-refractivity contribution in [3.05, 3.63) is 0 Å². The average Bonchev–Trinajstić information content (AvgIpc) is 2.93. The van der Waals surface area contributed by atoms with Gasteiger partial charge in [-0.3, -0.25) is 0 Å². The molecule has 2 amide bonds. The van der Waals surface area contributed by atoms with Crippen molar-refractivity contribution in [3.63, 3.8) is 0 Å². The Hall–Kier alpha value is -1.15. The van der Waals surface area contributed by atoms with Crippen LogP contribution in [-0.4, -0.2) is 53.8 Å². The number of nitrogens with one attached hydrogen (secondary N) is 1. The molecule has 3 heterocycles. The number of nitrogen functional groups attached to an aromatic ring is 1. The fraction of sp³-hybridized carbons (Fsp3) is 0.600. The van der Waals surface area contributed by atoms with E-state index < -0.39 is 0 Å². The van der Waals surface area contributed by atoms with Gasteiger partial charge in [0.25, 0.3) is 0 Å². The van der Waals surface area contributed by atoms with Crippen molar-refractivity contribution in [1.82, 2.24) is 14.6 Å². The van der Waals surface area contributed by atoms with Crippen LogP contribution < -0.4 is 16.0 Å². The molecule has 3 N–H and O–H groups in total. The summed E-state index contributed by atoms with van der Waals surface area (Å²) < 4.78 is 4.22. The average molecular weight is 285 g/mol. The monoisotopic (exact) mass is 285 g/mol. The van der Waals surface area contributed by atoms with Crippen LogP contribution in [0.5, 0.6) is 0 Å². The molecule has 2 aliphatic heterocycles. The van der Waals surface area contributed by atoms with Gasteiger partial charge >= 0.3 is 6.03 Å². The number of hydrogen-bond acceptors (Lipinski definition) is 6. The zero-order valence-corrected chi connectivity index (χ0v) is 11.7. The summed E-state index contributed by atoms with van der Waals surface area (Å²) >= 11 is 3.08. The number of carbonyl (C=O) groups is 1. The van der Waals surface area contributed by atoms with Crippen LogP contribution in [0.15, 0.2) is 4.90 Å². The summed E-state index contributed by atoms with van der Waals surface area (Å²) in [5.74, 6) is 0.616. The van der Waals surface area contributed by atoms with Crippen LogP contribution in [0.3, 0.4) is 0 Å². The molecule has 0 spiro atoms. The molecule has 6 nitrogen and oxygen atoms in total. The Labute approximate surface area is 114 Å². The van der Waals surface area contributed by atoms with Crippen molar-refractivity contribution >= 4 is 40.1 Å². The Morgan fingerprint density at radius 2 is 2.39 bits per heavy atom. The smallest absolute Gasteiger partial charge is 0.317 e. The van der Waals surface area contributed by atoms with E-state index in [9.17, 15) is 4.79 Å². The molecular weight excluding hydrogens is 270 g/mol. The normalized spacial score (nSPS) is 23.2. The summed E-state index contributed by atoms with van der Waals surface area (Å²) in [7, 11) is 0. The molecule has 3 rings (SSSR count). The second kappa shape index (κ2) is 4.51. The summed E-state index contributed by atoms with van der Waals surface area (Å²) in [5, 5.41) is 4.02. The number of anilines is 2.